The fourth-order valence-corrected chi connectivity index (χ4v) is 3.15. The van der Waals surface area contributed by atoms with E-state index in [1.807, 2.05) is 12.1 Å². The SMILES string of the molecule is O=C(Oc1ccccc1C(C[N+](=O)[O-])n1nnc2ccccc21)c1ccccc1. The van der Waals surface area contributed by atoms with Crippen molar-refractivity contribution in [1.82, 2.24) is 15.0 Å². The molecule has 0 N–H and O–H groups in total. The van der Waals surface area contributed by atoms with Crippen molar-refractivity contribution < 1.29 is 14.5 Å². The highest BCUT2D eigenvalue weighted by atomic mass is 16.6. The Kier molecular flexibility index (Phi) is 4.98. The number of hydrogen-bond donors (Lipinski definition) is 0. The minimum Gasteiger partial charge on any atom is -0.423 e. The lowest BCUT2D eigenvalue weighted by Crippen LogP contribution is -2.22. The predicted molar refractivity (Wildman–Crippen MR) is 105 cm³/mol. The highest BCUT2D eigenvalue weighted by Crippen LogP contribution is 2.30. The standard InChI is InChI=1S/C21H16N4O4/c26-21(15-8-2-1-3-9-15)29-20-13-7-4-10-16(20)19(14-24(27)28)25-18-12-6-5-11-17(18)22-23-25/h1-13,19H,14H2. The summed E-state index contributed by atoms with van der Waals surface area (Å²) < 4.78 is 7.07. The van der Waals surface area contributed by atoms with Gasteiger partial charge in [0, 0.05) is 10.5 Å². The Morgan fingerprint density at radius 1 is 1.00 bits per heavy atom. The molecule has 8 nitrogen and oxygen atoms in total. The maximum Gasteiger partial charge on any atom is 0.343 e. The molecule has 0 aliphatic heterocycles. The molecule has 1 aromatic heterocycles. The van der Waals surface area contributed by atoms with Gasteiger partial charge >= 0.3 is 5.97 Å². The lowest BCUT2D eigenvalue weighted by molar-refractivity contribution is -0.484. The van der Waals surface area contributed by atoms with E-state index in [9.17, 15) is 14.9 Å². The molecular weight excluding hydrogens is 372 g/mol. The highest BCUT2D eigenvalue weighted by molar-refractivity contribution is 5.91. The number of aromatic nitrogens is 3. The first-order chi connectivity index (χ1) is 14.1. The van der Waals surface area contributed by atoms with Crippen molar-refractivity contribution in [3.63, 3.8) is 0 Å². The van der Waals surface area contributed by atoms with Gasteiger partial charge < -0.3 is 4.74 Å². The molecule has 0 bridgehead atoms. The number of carbonyl (C=O) groups excluding carboxylic acids is 1. The minimum absolute atomic E-state index is 0.243. The molecule has 29 heavy (non-hydrogen) atoms. The monoisotopic (exact) mass is 388 g/mol. The van der Waals surface area contributed by atoms with Crippen LogP contribution in [0.25, 0.3) is 11.0 Å². The third-order valence-electron chi connectivity index (χ3n) is 4.48. The second kappa shape index (κ2) is 7.89. The molecule has 0 saturated heterocycles. The molecule has 0 radical (unpaired) electrons. The maximum absolute atomic E-state index is 12.5. The first-order valence-electron chi connectivity index (χ1n) is 8.91. The molecule has 8 heteroatoms. The number of carbonyl (C=O) groups is 1. The summed E-state index contributed by atoms with van der Waals surface area (Å²) in [5, 5.41) is 19.6. The van der Waals surface area contributed by atoms with Crippen LogP contribution in [0.4, 0.5) is 0 Å². The van der Waals surface area contributed by atoms with Crippen molar-refractivity contribution in [3.8, 4) is 5.75 Å². The zero-order valence-electron chi connectivity index (χ0n) is 15.2. The van der Waals surface area contributed by atoms with Gasteiger partial charge in [-0.1, -0.05) is 53.7 Å². The first-order valence-corrected chi connectivity index (χ1v) is 8.91. The lowest BCUT2D eigenvalue weighted by atomic mass is 10.1. The van der Waals surface area contributed by atoms with Gasteiger partial charge in [-0.3, -0.25) is 10.1 Å². The van der Waals surface area contributed by atoms with E-state index in [1.54, 1.807) is 66.7 Å². The van der Waals surface area contributed by atoms with Crippen molar-refractivity contribution in [2.45, 2.75) is 6.04 Å². The summed E-state index contributed by atoms with van der Waals surface area (Å²) in [5.41, 5.74) is 2.15. The van der Waals surface area contributed by atoms with Gasteiger partial charge in [-0.15, -0.1) is 5.10 Å². The first kappa shape index (κ1) is 18.3. The molecule has 1 atom stereocenters. The number of rotatable bonds is 6. The van der Waals surface area contributed by atoms with E-state index >= 15 is 0 Å². The summed E-state index contributed by atoms with van der Waals surface area (Å²) in [6.45, 7) is -0.437. The van der Waals surface area contributed by atoms with Gasteiger partial charge in [0.25, 0.3) is 0 Å². The fraction of sp³-hybridized carbons (Fsp3) is 0.0952. The van der Waals surface area contributed by atoms with Crippen molar-refractivity contribution in [2.75, 3.05) is 6.54 Å². The van der Waals surface area contributed by atoms with E-state index in [0.717, 1.165) is 0 Å². The number of para-hydroxylation sites is 2. The molecule has 1 heterocycles. The maximum atomic E-state index is 12.5. The molecule has 0 aliphatic carbocycles. The number of esters is 1. The van der Waals surface area contributed by atoms with Crippen LogP contribution in [0, 0.1) is 10.1 Å². The Morgan fingerprint density at radius 3 is 2.48 bits per heavy atom. The Bertz CT molecular complexity index is 1170. The molecule has 0 saturated carbocycles. The zero-order valence-corrected chi connectivity index (χ0v) is 15.2. The number of benzene rings is 3. The van der Waals surface area contributed by atoms with Crippen molar-refractivity contribution in [3.05, 3.63) is 100 Å². The van der Waals surface area contributed by atoms with Gasteiger partial charge in [0.05, 0.1) is 11.1 Å². The van der Waals surface area contributed by atoms with Gasteiger partial charge in [-0.05, 0) is 30.3 Å². The largest absolute Gasteiger partial charge is 0.423 e. The summed E-state index contributed by atoms with van der Waals surface area (Å²) in [4.78, 5) is 23.5. The summed E-state index contributed by atoms with van der Waals surface area (Å²) >= 11 is 0. The predicted octanol–water partition coefficient (Wildman–Crippen LogP) is 3.52. The molecule has 0 fully saturated rings. The fourth-order valence-electron chi connectivity index (χ4n) is 3.15. The van der Waals surface area contributed by atoms with E-state index in [4.69, 9.17) is 4.74 Å². The molecule has 0 aliphatic rings. The van der Waals surface area contributed by atoms with Gasteiger partial charge in [0.2, 0.25) is 6.54 Å². The molecule has 0 spiro atoms. The van der Waals surface area contributed by atoms with Crippen LogP contribution in [0.1, 0.15) is 22.0 Å². The summed E-state index contributed by atoms with van der Waals surface area (Å²) in [5.74, 6) is -0.297. The molecule has 1 unspecified atom stereocenters. The summed E-state index contributed by atoms with van der Waals surface area (Å²) in [6, 6.07) is 21.7. The topological polar surface area (TPSA) is 100 Å². The molecule has 4 aromatic rings. The van der Waals surface area contributed by atoms with Crippen molar-refractivity contribution in [1.29, 1.82) is 0 Å². The van der Waals surface area contributed by atoms with Crippen molar-refractivity contribution in [2.24, 2.45) is 0 Å². The average Bonchev–Trinajstić information content (AvgIpc) is 3.17. The molecule has 4 rings (SSSR count). The van der Waals surface area contributed by atoms with Crippen LogP contribution in [0.3, 0.4) is 0 Å². The van der Waals surface area contributed by atoms with E-state index in [-0.39, 0.29) is 5.75 Å². The summed E-state index contributed by atoms with van der Waals surface area (Å²) in [7, 11) is 0. The normalized spacial score (nSPS) is 11.9. The van der Waals surface area contributed by atoms with Crippen LogP contribution in [-0.2, 0) is 0 Å². The van der Waals surface area contributed by atoms with Crippen LogP contribution < -0.4 is 4.74 Å². The third-order valence-corrected chi connectivity index (χ3v) is 4.48. The van der Waals surface area contributed by atoms with E-state index < -0.39 is 23.5 Å². The zero-order chi connectivity index (χ0) is 20.2. The Labute approximate surface area is 165 Å². The number of nitro groups is 1. The number of fused-ring (bicyclic) bond motifs is 1. The third kappa shape index (κ3) is 3.81. The molecule has 0 amide bonds. The minimum atomic E-state index is -0.794. The van der Waals surface area contributed by atoms with E-state index in [1.165, 1.54) is 4.68 Å². The smallest absolute Gasteiger partial charge is 0.343 e. The second-order valence-electron chi connectivity index (χ2n) is 6.35. The second-order valence-corrected chi connectivity index (χ2v) is 6.35. The number of nitrogens with zero attached hydrogens (tertiary/aromatic N) is 4. The summed E-state index contributed by atoms with van der Waals surface area (Å²) in [6.07, 6.45) is 0. The van der Waals surface area contributed by atoms with Gasteiger partial charge in [-0.25, -0.2) is 9.48 Å². The van der Waals surface area contributed by atoms with Crippen LogP contribution in [0.2, 0.25) is 0 Å². The van der Waals surface area contributed by atoms with Crippen LogP contribution in [-0.4, -0.2) is 32.4 Å². The quantitative estimate of drug-likeness (QED) is 0.217. The number of ether oxygens (including phenoxy) is 1. The van der Waals surface area contributed by atoms with Crippen LogP contribution >= 0.6 is 0 Å². The molecule has 3 aromatic carbocycles. The Morgan fingerprint density at radius 2 is 1.69 bits per heavy atom. The van der Waals surface area contributed by atoms with Gasteiger partial charge in [0.15, 0.2) is 0 Å². The van der Waals surface area contributed by atoms with E-state index in [0.29, 0.717) is 22.2 Å². The van der Waals surface area contributed by atoms with E-state index in [2.05, 4.69) is 10.3 Å². The number of hydrogen-bond acceptors (Lipinski definition) is 6. The molecule has 144 valence electrons. The Balaban J connectivity index is 1.76. The Hall–Kier alpha value is -4.07. The van der Waals surface area contributed by atoms with Gasteiger partial charge in [0.1, 0.15) is 17.3 Å². The van der Waals surface area contributed by atoms with Crippen molar-refractivity contribution >= 4 is 17.0 Å². The van der Waals surface area contributed by atoms with Crippen LogP contribution in [0.5, 0.6) is 5.75 Å². The lowest BCUT2D eigenvalue weighted by Gasteiger charge is -2.17. The average molecular weight is 388 g/mol. The highest BCUT2D eigenvalue weighted by Gasteiger charge is 2.27. The van der Waals surface area contributed by atoms with Crippen LogP contribution in [0.15, 0.2) is 78.9 Å². The van der Waals surface area contributed by atoms with Gasteiger partial charge in [-0.2, -0.15) is 0 Å². The molecular formula is C21H16N4O4.